The van der Waals surface area contributed by atoms with Gasteiger partial charge in [-0.05, 0) is 77.9 Å². The van der Waals surface area contributed by atoms with Crippen molar-refractivity contribution in [2.24, 2.45) is 0 Å². The molecule has 0 unspecified atom stereocenters. The second-order valence-corrected chi connectivity index (χ2v) is 12.0. The summed E-state index contributed by atoms with van der Waals surface area (Å²) < 4.78 is 11.1. The fraction of sp³-hybridized carbons (Fsp3) is 0. The number of rotatable bonds is 4. The van der Waals surface area contributed by atoms with E-state index in [-0.39, 0.29) is 0 Å². The summed E-state index contributed by atoms with van der Waals surface area (Å²) in [4.78, 5) is 5.10. The third-order valence-electron chi connectivity index (χ3n) is 9.33. The van der Waals surface area contributed by atoms with Crippen LogP contribution in [0.4, 0.5) is 0 Å². The number of imidazole rings is 1. The maximum absolute atomic E-state index is 6.48. The molecule has 0 aliphatic rings. The molecule has 0 saturated heterocycles. The van der Waals surface area contributed by atoms with Gasteiger partial charge in [0, 0.05) is 27.4 Å². The molecule has 0 fully saturated rings. The first-order chi connectivity index (χ1) is 23.3. The summed E-state index contributed by atoms with van der Waals surface area (Å²) in [5.74, 6) is 0.907. The predicted molar refractivity (Wildman–Crippen MR) is 194 cm³/mol. The molecule has 0 amide bonds. The molecule has 0 aliphatic heterocycles. The zero-order chi connectivity index (χ0) is 30.9. The molecule has 220 valence electrons. The quantitative estimate of drug-likeness (QED) is 0.201. The number of benzene rings is 7. The first kappa shape index (κ1) is 25.9. The lowest BCUT2D eigenvalue weighted by Crippen LogP contribution is -1.98. The van der Waals surface area contributed by atoms with Gasteiger partial charge in [0.15, 0.2) is 0 Å². The van der Waals surface area contributed by atoms with E-state index in [0.29, 0.717) is 0 Å². The Kier molecular flexibility index (Phi) is 5.54. The van der Waals surface area contributed by atoms with Gasteiger partial charge in [0.25, 0.3) is 0 Å². The monoisotopic (exact) mass is 601 g/mol. The van der Waals surface area contributed by atoms with Gasteiger partial charge in [0.2, 0.25) is 0 Å². The van der Waals surface area contributed by atoms with Crippen LogP contribution in [0.15, 0.2) is 168 Å². The molecular formula is C43H27N3O. The Morgan fingerprint density at radius 1 is 0.426 bits per heavy atom. The number of fused-ring (bicyclic) bond motifs is 7. The minimum absolute atomic E-state index is 0.854. The highest BCUT2D eigenvalue weighted by Gasteiger charge is 2.20. The molecule has 47 heavy (non-hydrogen) atoms. The lowest BCUT2D eigenvalue weighted by molar-refractivity contribution is 0.669. The smallest absolute Gasteiger partial charge is 0.145 e. The van der Waals surface area contributed by atoms with Crippen molar-refractivity contribution < 1.29 is 4.42 Å². The highest BCUT2D eigenvalue weighted by molar-refractivity contribution is 6.13. The van der Waals surface area contributed by atoms with Gasteiger partial charge in [-0.2, -0.15) is 0 Å². The zero-order valence-electron chi connectivity index (χ0n) is 25.3. The van der Waals surface area contributed by atoms with Gasteiger partial charge in [-0.3, -0.25) is 4.57 Å². The molecule has 4 heteroatoms. The van der Waals surface area contributed by atoms with Crippen molar-refractivity contribution >= 4 is 54.8 Å². The lowest BCUT2D eigenvalue weighted by Gasteiger charge is -2.11. The highest BCUT2D eigenvalue weighted by Crippen LogP contribution is 2.40. The standard InChI is InChI=1S/C43H27N3O/c1-3-12-28(13-4-1)43-44-35-17-8-10-19-38(35)46(43)39-20-11-21-41-42(39)34-27-30(23-25-40(34)47-41)29-22-24-37-33(26-29)32-16-7-9-18-36(32)45(37)31-14-5-2-6-15-31/h1-27H. The van der Waals surface area contributed by atoms with Crippen molar-refractivity contribution in [1.82, 2.24) is 14.1 Å². The van der Waals surface area contributed by atoms with Crippen LogP contribution in [-0.4, -0.2) is 14.1 Å². The Bertz CT molecular complexity index is 2780. The summed E-state index contributed by atoms with van der Waals surface area (Å²) in [7, 11) is 0. The van der Waals surface area contributed by atoms with E-state index in [1.807, 2.05) is 12.1 Å². The summed E-state index contributed by atoms with van der Waals surface area (Å²) in [5, 5.41) is 4.63. The van der Waals surface area contributed by atoms with Crippen molar-refractivity contribution in [3.05, 3.63) is 164 Å². The fourth-order valence-corrected chi connectivity index (χ4v) is 7.23. The van der Waals surface area contributed by atoms with Crippen molar-refractivity contribution in [2.75, 3.05) is 0 Å². The van der Waals surface area contributed by atoms with Crippen LogP contribution in [-0.2, 0) is 0 Å². The number of hydrogen-bond acceptors (Lipinski definition) is 2. The van der Waals surface area contributed by atoms with Crippen LogP contribution in [0.1, 0.15) is 0 Å². The van der Waals surface area contributed by atoms with E-state index in [2.05, 4.69) is 161 Å². The first-order valence-corrected chi connectivity index (χ1v) is 15.9. The molecule has 10 rings (SSSR count). The minimum atomic E-state index is 0.854. The van der Waals surface area contributed by atoms with Gasteiger partial charge < -0.3 is 8.98 Å². The van der Waals surface area contributed by atoms with Gasteiger partial charge >= 0.3 is 0 Å². The van der Waals surface area contributed by atoms with Gasteiger partial charge in [0.1, 0.15) is 17.0 Å². The van der Waals surface area contributed by atoms with Crippen LogP contribution in [0.3, 0.4) is 0 Å². The van der Waals surface area contributed by atoms with E-state index in [1.54, 1.807) is 0 Å². The SMILES string of the molecule is c1ccc(-c2nc3ccccc3n2-c2cccc3oc4ccc(-c5ccc6c(c5)c5ccccc5n6-c5ccccc5)cc4c23)cc1. The van der Waals surface area contributed by atoms with Gasteiger partial charge in [-0.1, -0.05) is 97.1 Å². The van der Waals surface area contributed by atoms with E-state index in [9.17, 15) is 0 Å². The van der Waals surface area contributed by atoms with E-state index >= 15 is 0 Å². The molecule has 3 heterocycles. The topological polar surface area (TPSA) is 35.9 Å². The largest absolute Gasteiger partial charge is 0.456 e. The molecule has 10 aromatic rings. The summed E-state index contributed by atoms with van der Waals surface area (Å²) in [6, 6.07) is 57.7. The Morgan fingerprint density at radius 2 is 1.11 bits per heavy atom. The fourth-order valence-electron chi connectivity index (χ4n) is 7.23. The second-order valence-electron chi connectivity index (χ2n) is 12.0. The molecule has 0 bridgehead atoms. The van der Waals surface area contributed by atoms with E-state index < -0.39 is 0 Å². The van der Waals surface area contributed by atoms with E-state index in [1.165, 1.54) is 27.4 Å². The molecule has 7 aromatic carbocycles. The van der Waals surface area contributed by atoms with Crippen molar-refractivity contribution in [2.45, 2.75) is 0 Å². The normalized spacial score (nSPS) is 11.8. The van der Waals surface area contributed by atoms with E-state index in [0.717, 1.165) is 61.3 Å². The summed E-state index contributed by atoms with van der Waals surface area (Å²) in [6.07, 6.45) is 0. The number of aromatic nitrogens is 3. The number of hydrogen-bond donors (Lipinski definition) is 0. The molecule has 0 saturated carbocycles. The van der Waals surface area contributed by atoms with Gasteiger partial charge in [0.05, 0.1) is 33.1 Å². The highest BCUT2D eigenvalue weighted by atomic mass is 16.3. The Balaban J connectivity index is 1.20. The average molecular weight is 602 g/mol. The van der Waals surface area contributed by atoms with Crippen molar-refractivity contribution in [3.8, 4) is 33.9 Å². The summed E-state index contributed by atoms with van der Waals surface area (Å²) in [6.45, 7) is 0. The molecule has 0 aliphatic carbocycles. The Labute approximate surface area is 270 Å². The average Bonchev–Trinajstić information content (AvgIpc) is 3.81. The van der Waals surface area contributed by atoms with Crippen molar-refractivity contribution in [3.63, 3.8) is 0 Å². The third kappa shape index (κ3) is 3.92. The Hall–Kier alpha value is -6.39. The zero-order valence-corrected chi connectivity index (χ0v) is 25.3. The van der Waals surface area contributed by atoms with E-state index in [4.69, 9.17) is 9.40 Å². The maximum atomic E-state index is 6.48. The molecule has 0 atom stereocenters. The number of nitrogens with zero attached hydrogens (tertiary/aromatic N) is 3. The Morgan fingerprint density at radius 3 is 1.96 bits per heavy atom. The predicted octanol–water partition coefficient (Wildman–Crippen LogP) is 11.4. The third-order valence-corrected chi connectivity index (χ3v) is 9.33. The molecular weight excluding hydrogens is 574 g/mol. The van der Waals surface area contributed by atoms with Crippen LogP contribution in [0.25, 0.3) is 88.7 Å². The second kappa shape index (κ2) is 10.1. The summed E-state index contributed by atoms with van der Waals surface area (Å²) in [5.41, 5.74) is 11.7. The maximum Gasteiger partial charge on any atom is 0.145 e. The lowest BCUT2D eigenvalue weighted by atomic mass is 10.00. The van der Waals surface area contributed by atoms with Crippen LogP contribution >= 0.6 is 0 Å². The molecule has 0 N–H and O–H groups in total. The van der Waals surface area contributed by atoms with Gasteiger partial charge in [-0.25, -0.2) is 4.98 Å². The molecule has 0 spiro atoms. The van der Waals surface area contributed by atoms with Crippen LogP contribution in [0.2, 0.25) is 0 Å². The van der Waals surface area contributed by atoms with Crippen LogP contribution in [0, 0.1) is 0 Å². The van der Waals surface area contributed by atoms with Gasteiger partial charge in [-0.15, -0.1) is 0 Å². The number of para-hydroxylation sites is 4. The summed E-state index contributed by atoms with van der Waals surface area (Å²) >= 11 is 0. The van der Waals surface area contributed by atoms with Crippen LogP contribution in [0.5, 0.6) is 0 Å². The molecule has 4 nitrogen and oxygen atoms in total. The first-order valence-electron chi connectivity index (χ1n) is 15.9. The number of furan rings is 1. The molecule has 0 radical (unpaired) electrons. The molecule has 3 aromatic heterocycles. The van der Waals surface area contributed by atoms with Crippen LogP contribution < -0.4 is 0 Å². The minimum Gasteiger partial charge on any atom is -0.456 e. The van der Waals surface area contributed by atoms with Crippen molar-refractivity contribution in [1.29, 1.82) is 0 Å².